The van der Waals surface area contributed by atoms with Crippen LogP contribution in [0.25, 0.3) is 0 Å². The summed E-state index contributed by atoms with van der Waals surface area (Å²) in [6, 6.07) is 9.04. The van der Waals surface area contributed by atoms with Gasteiger partial charge in [-0.2, -0.15) is 0 Å². The average molecular weight is 291 g/mol. The lowest BCUT2D eigenvalue weighted by atomic mass is 10.3. The lowest BCUT2D eigenvalue weighted by Crippen LogP contribution is -2.00. The van der Waals surface area contributed by atoms with Crippen molar-refractivity contribution in [2.75, 3.05) is 0 Å². The summed E-state index contributed by atoms with van der Waals surface area (Å²) in [7, 11) is 0. The Kier molecular flexibility index (Phi) is 4.13. The van der Waals surface area contributed by atoms with E-state index in [-0.39, 0.29) is 11.4 Å². The summed E-state index contributed by atoms with van der Waals surface area (Å²) >= 11 is 0. The molecule has 0 saturated heterocycles. The monoisotopic (exact) mass is 291 g/mol. The number of nitrogens with zero attached hydrogens (tertiary/aromatic N) is 1. The summed E-state index contributed by atoms with van der Waals surface area (Å²) in [6.45, 7) is 1.27. The highest BCUT2D eigenvalue weighted by molar-refractivity contribution is 5.69. The van der Waals surface area contributed by atoms with Crippen molar-refractivity contribution < 1.29 is 23.6 Å². The van der Waals surface area contributed by atoms with Crippen LogP contribution in [0, 0.1) is 15.9 Å². The third-order valence-corrected chi connectivity index (χ3v) is 2.44. The molecular formula is C14H10FNO5. The fraction of sp³-hybridized carbons (Fsp3) is 0.0714. The van der Waals surface area contributed by atoms with Gasteiger partial charge < -0.3 is 9.47 Å². The van der Waals surface area contributed by atoms with Crippen molar-refractivity contribution in [2.24, 2.45) is 0 Å². The Hall–Kier alpha value is -2.96. The number of hydrogen-bond acceptors (Lipinski definition) is 5. The first-order valence-corrected chi connectivity index (χ1v) is 5.86. The molecule has 0 aliphatic rings. The molecule has 0 saturated carbocycles. The zero-order valence-electron chi connectivity index (χ0n) is 10.9. The smallest absolute Gasteiger partial charge is 0.308 e. The van der Waals surface area contributed by atoms with E-state index in [9.17, 15) is 19.3 Å². The van der Waals surface area contributed by atoms with E-state index in [2.05, 4.69) is 0 Å². The first kappa shape index (κ1) is 14.4. The van der Waals surface area contributed by atoms with E-state index < -0.39 is 16.7 Å². The maximum Gasteiger partial charge on any atom is 0.308 e. The number of non-ortho nitro benzene ring substituents is 1. The van der Waals surface area contributed by atoms with Gasteiger partial charge in [0.1, 0.15) is 11.5 Å². The number of esters is 1. The summed E-state index contributed by atoms with van der Waals surface area (Å²) in [5.41, 5.74) is -0.356. The van der Waals surface area contributed by atoms with E-state index in [1.54, 1.807) is 0 Å². The van der Waals surface area contributed by atoms with Gasteiger partial charge in [-0.1, -0.05) is 0 Å². The normalized spacial score (nSPS) is 10.0. The third kappa shape index (κ3) is 3.75. The van der Waals surface area contributed by atoms with Crippen LogP contribution in [0.3, 0.4) is 0 Å². The van der Waals surface area contributed by atoms with Gasteiger partial charge in [0.25, 0.3) is 5.69 Å². The van der Waals surface area contributed by atoms with Gasteiger partial charge in [0.2, 0.25) is 0 Å². The number of benzene rings is 2. The predicted molar refractivity (Wildman–Crippen MR) is 70.9 cm³/mol. The molecule has 6 nitrogen and oxygen atoms in total. The summed E-state index contributed by atoms with van der Waals surface area (Å²) in [5.74, 6) is -0.795. The van der Waals surface area contributed by atoms with Gasteiger partial charge in [-0.05, 0) is 30.3 Å². The Bertz CT molecular complexity index is 684. The van der Waals surface area contributed by atoms with Crippen LogP contribution in [-0.2, 0) is 4.79 Å². The van der Waals surface area contributed by atoms with E-state index in [4.69, 9.17) is 9.47 Å². The molecule has 0 fully saturated rings. The van der Waals surface area contributed by atoms with Crippen LogP contribution < -0.4 is 9.47 Å². The Morgan fingerprint density at radius 2 is 1.76 bits per heavy atom. The van der Waals surface area contributed by atoms with Crippen molar-refractivity contribution in [3.8, 4) is 17.2 Å². The molecule has 0 aromatic heterocycles. The summed E-state index contributed by atoms with van der Waals surface area (Å²) in [6.07, 6.45) is 0. The highest BCUT2D eigenvalue weighted by Crippen LogP contribution is 2.28. The van der Waals surface area contributed by atoms with Gasteiger partial charge in [-0.3, -0.25) is 14.9 Å². The maximum atomic E-state index is 13.6. The number of carbonyl (C=O) groups excluding carboxylic acids is 1. The van der Waals surface area contributed by atoms with Crippen molar-refractivity contribution in [3.05, 3.63) is 58.4 Å². The fourth-order valence-electron chi connectivity index (χ4n) is 1.55. The van der Waals surface area contributed by atoms with Gasteiger partial charge in [0.15, 0.2) is 11.6 Å². The van der Waals surface area contributed by atoms with Crippen LogP contribution in [0.1, 0.15) is 6.92 Å². The van der Waals surface area contributed by atoms with Crippen LogP contribution in [-0.4, -0.2) is 10.9 Å². The molecule has 108 valence electrons. The second kappa shape index (κ2) is 6.00. The van der Waals surface area contributed by atoms with Crippen LogP contribution in [0.4, 0.5) is 10.1 Å². The van der Waals surface area contributed by atoms with E-state index in [1.807, 2.05) is 0 Å². The molecule has 2 rings (SSSR count). The molecule has 0 amide bonds. The number of rotatable bonds is 4. The van der Waals surface area contributed by atoms with Gasteiger partial charge in [0, 0.05) is 13.0 Å². The van der Waals surface area contributed by atoms with E-state index in [1.165, 1.54) is 37.3 Å². The van der Waals surface area contributed by atoms with Crippen molar-refractivity contribution in [1.29, 1.82) is 0 Å². The Balaban J connectivity index is 2.14. The van der Waals surface area contributed by atoms with Crippen LogP contribution in [0.5, 0.6) is 17.2 Å². The summed E-state index contributed by atoms with van der Waals surface area (Å²) in [5, 5.41) is 10.5. The highest BCUT2D eigenvalue weighted by atomic mass is 19.1. The molecule has 2 aromatic rings. The van der Waals surface area contributed by atoms with E-state index in [0.717, 1.165) is 12.1 Å². The minimum atomic E-state index is -0.840. The highest BCUT2D eigenvalue weighted by Gasteiger charge is 2.12. The molecule has 0 aliphatic heterocycles. The summed E-state index contributed by atoms with van der Waals surface area (Å²) in [4.78, 5) is 20.6. The van der Waals surface area contributed by atoms with Crippen LogP contribution >= 0.6 is 0 Å². The average Bonchev–Trinajstić information content (AvgIpc) is 2.42. The van der Waals surface area contributed by atoms with Gasteiger partial charge in [0.05, 0.1) is 11.0 Å². The first-order valence-electron chi connectivity index (χ1n) is 5.86. The number of nitro groups is 1. The summed E-state index contributed by atoms with van der Waals surface area (Å²) < 4.78 is 23.8. The Morgan fingerprint density at radius 3 is 2.29 bits per heavy atom. The zero-order chi connectivity index (χ0) is 15.4. The number of halogens is 1. The molecule has 0 spiro atoms. The molecule has 0 bridgehead atoms. The molecule has 21 heavy (non-hydrogen) atoms. The van der Waals surface area contributed by atoms with Crippen LogP contribution in [0.15, 0.2) is 42.5 Å². The molecule has 0 aliphatic carbocycles. The number of nitro benzene ring substituents is 1. The number of ether oxygens (including phenoxy) is 2. The minimum Gasteiger partial charge on any atom is -0.454 e. The van der Waals surface area contributed by atoms with Crippen molar-refractivity contribution in [2.45, 2.75) is 6.92 Å². The van der Waals surface area contributed by atoms with Crippen LogP contribution in [0.2, 0.25) is 0 Å². The maximum absolute atomic E-state index is 13.6. The SMILES string of the molecule is CC(=O)Oc1ccc(Oc2ccc([N+](=O)[O-])cc2F)cc1. The quantitative estimate of drug-likeness (QED) is 0.373. The molecule has 0 unspecified atom stereocenters. The van der Waals surface area contributed by atoms with E-state index >= 15 is 0 Å². The molecular weight excluding hydrogens is 281 g/mol. The lowest BCUT2D eigenvalue weighted by molar-refractivity contribution is -0.385. The van der Waals surface area contributed by atoms with Crippen molar-refractivity contribution in [1.82, 2.24) is 0 Å². The van der Waals surface area contributed by atoms with E-state index in [0.29, 0.717) is 11.5 Å². The zero-order valence-corrected chi connectivity index (χ0v) is 10.9. The molecule has 0 atom stereocenters. The minimum absolute atomic E-state index is 0.138. The van der Waals surface area contributed by atoms with Gasteiger partial charge >= 0.3 is 5.97 Å². The Morgan fingerprint density at radius 1 is 1.14 bits per heavy atom. The molecule has 2 aromatic carbocycles. The standard InChI is InChI=1S/C14H10FNO5/c1-9(17)20-11-3-5-12(6-4-11)21-14-7-2-10(16(18)19)8-13(14)15/h2-8H,1H3. The predicted octanol–water partition coefficient (Wildman–Crippen LogP) is 3.45. The van der Waals surface area contributed by atoms with Gasteiger partial charge in [-0.15, -0.1) is 0 Å². The largest absolute Gasteiger partial charge is 0.454 e. The second-order valence-electron chi connectivity index (χ2n) is 4.04. The third-order valence-electron chi connectivity index (χ3n) is 2.44. The number of carbonyl (C=O) groups is 1. The number of hydrogen-bond donors (Lipinski definition) is 0. The fourth-order valence-corrected chi connectivity index (χ4v) is 1.55. The van der Waals surface area contributed by atoms with Crippen molar-refractivity contribution in [3.63, 3.8) is 0 Å². The molecule has 0 radical (unpaired) electrons. The Labute approximate surface area is 118 Å². The topological polar surface area (TPSA) is 78.7 Å². The van der Waals surface area contributed by atoms with Crippen molar-refractivity contribution >= 4 is 11.7 Å². The first-order chi connectivity index (χ1) is 9.95. The second-order valence-corrected chi connectivity index (χ2v) is 4.04. The molecule has 0 heterocycles. The lowest BCUT2D eigenvalue weighted by Gasteiger charge is -2.07. The molecule has 0 N–H and O–H groups in total. The van der Waals surface area contributed by atoms with Gasteiger partial charge in [-0.25, -0.2) is 4.39 Å². The molecule has 7 heteroatoms.